The van der Waals surface area contributed by atoms with E-state index in [0.717, 1.165) is 0 Å². The summed E-state index contributed by atoms with van der Waals surface area (Å²) in [5, 5.41) is 17.5. The van der Waals surface area contributed by atoms with Gasteiger partial charge in [0.1, 0.15) is 5.75 Å². The Morgan fingerprint density at radius 1 is 1.25 bits per heavy atom. The van der Waals surface area contributed by atoms with Crippen LogP contribution in [0.2, 0.25) is 0 Å². The van der Waals surface area contributed by atoms with E-state index < -0.39 is 6.35 Å². The molecule has 0 heterocycles. The molecule has 0 amide bonds. The summed E-state index contributed by atoms with van der Waals surface area (Å²) in [5.74, 6) is 0.189. The predicted octanol–water partition coefficient (Wildman–Crippen LogP) is -0.457. The molecule has 0 fully saturated rings. The van der Waals surface area contributed by atoms with Gasteiger partial charge in [-0.2, -0.15) is 5.43 Å². The highest BCUT2D eigenvalue weighted by Gasteiger charge is 1.93. The van der Waals surface area contributed by atoms with Crippen molar-refractivity contribution < 1.29 is 10.2 Å². The zero-order chi connectivity index (χ0) is 8.97. The van der Waals surface area contributed by atoms with Crippen LogP contribution in [-0.4, -0.2) is 16.6 Å². The number of anilines is 1. The zero-order valence-electron chi connectivity index (χ0n) is 6.36. The Morgan fingerprint density at radius 3 is 2.33 bits per heavy atom. The van der Waals surface area contributed by atoms with Crippen molar-refractivity contribution in [2.75, 3.05) is 5.43 Å². The van der Waals surface area contributed by atoms with Crippen molar-refractivity contribution in [3.8, 4) is 5.75 Å². The lowest BCUT2D eigenvalue weighted by Gasteiger charge is -2.09. The van der Waals surface area contributed by atoms with Gasteiger partial charge in [0, 0.05) is 5.69 Å². The van der Waals surface area contributed by atoms with Crippen molar-refractivity contribution in [3.05, 3.63) is 24.3 Å². The van der Waals surface area contributed by atoms with Gasteiger partial charge in [-0.1, -0.05) is 0 Å². The zero-order valence-corrected chi connectivity index (χ0v) is 6.36. The van der Waals surface area contributed by atoms with Gasteiger partial charge in [-0.15, -0.1) is 0 Å². The standard InChI is InChI=1S/C7H11N3O2/c8-7(12)10-9-5-1-3-6(11)4-2-5/h1-4,7,9-12H,8H2. The molecule has 0 bridgehead atoms. The van der Waals surface area contributed by atoms with Crippen LogP contribution in [0.1, 0.15) is 0 Å². The van der Waals surface area contributed by atoms with Gasteiger partial charge in [0.05, 0.1) is 0 Å². The van der Waals surface area contributed by atoms with E-state index in [9.17, 15) is 0 Å². The minimum atomic E-state index is -1.11. The number of hydrazine groups is 1. The fourth-order valence-electron chi connectivity index (χ4n) is 0.702. The third kappa shape index (κ3) is 2.75. The SMILES string of the molecule is NC(O)NNc1ccc(O)cc1. The van der Waals surface area contributed by atoms with Crippen molar-refractivity contribution in [1.82, 2.24) is 5.43 Å². The first-order valence-corrected chi connectivity index (χ1v) is 3.43. The van der Waals surface area contributed by atoms with Crippen molar-refractivity contribution in [2.24, 2.45) is 5.73 Å². The smallest absolute Gasteiger partial charge is 0.174 e. The second-order valence-corrected chi connectivity index (χ2v) is 2.26. The average molecular weight is 169 g/mol. The number of aromatic hydroxyl groups is 1. The van der Waals surface area contributed by atoms with Crippen LogP contribution in [-0.2, 0) is 0 Å². The van der Waals surface area contributed by atoms with Gasteiger partial charge in [0.2, 0.25) is 0 Å². The van der Waals surface area contributed by atoms with Crippen LogP contribution in [0.4, 0.5) is 5.69 Å². The molecular weight excluding hydrogens is 158 g/mol. The largest absolute Gasteiger partial charge is 0.508 e. The number of phenolic OH excluding ortho intramolecular Hbond substituents is 1. The maximum absolute atomic E-state index is 8.91. The van der Waals surface area contributed by atoms with Crippen molar-refractivity contribution >= 4 is 5.69 Å². The summed E-state index contributed by atoms with van der Waals surface area (Å²) < 4.78 is 0. The number of hydrogen-bond donors (Lipinski definition) is 5. The quantitative estimate of drug-likeness (QED) is 0.240. The summed E-state index contributed by atoms with van der Waals surface area (Å²) in [4.78, 5) is 0. The van der Waals surface area contributed by atoms with Gasteiger partial charge in [-0.05, 0) is 24.3 Å². The van der Waals surface area contributed by atoms with E-state index in [0.29, 0.717) is 5.69 Å². The van der Waals surface area contributed by atoms with E-state index >= 15 is 0 Å². The lowest BCUT2D eigenvalue weighted by atomic mass is 10.3. The highest BCUT2D eigenvalue weighted by molar-refractivity contribution is 5.44. The lowest BCUT2D eigenvalue weighted by Crippen LogP contribution is -2.40. The summed E-state index contributed by atoms with van der Waals surface area (Å²) in [5.41, 5.74) is 10.7. The fourth-order valence-corrected chi connectivity index (χ4v) is 0.702. The van der Waals surface area contributed by atoms with E-state index in [1.165, 1.54) is 12.1 Å². The molecule has 12 heavy (non-hydrogen) atoms. The molecule has 66 valence electrons. The number of phenols is 1. The molecule has 1 unspecified atom stereocenters. The van der Waals surface area contributed by atoms with Gasteiger partial charge in [0.15, 0.2) is 6.35 Å². The van der Waals surface area contributed by atoms with Crippen molar-refractivity contribution in [1.29, 1.82) is 0 Å². The van der Waals surface area contributed by atoms with Crippen molar-refractivity contribution in [3.63, 3.8) is 0 Å². The molecule has 0 aliphatic carbocycles. The van der Waals surface area contributed by atoms with Gasteiger partial charge in [0.25, 0.3) is 0 Å². The summed E-state index contributed by atoms with van der Waals surface area (Å²) >= 11 is 0. The molecule has 1 rings (SSSR count). The van der Waals surface area contributed by atoms with Crippen LogP contribution >= 0.6 is 0 Å². The third-order valence-electron chi connectivity index (χ3n) is 1.23. The number of hydrogen-bond acceptors (Lipinski definition) is 5. The summed E-state index contributed by atoms with van der Waals surface area (Å²) in [7, 11) is 0. The molecular formula is C7H11N3O2. The van der Waals surface area contributed by atoms with Gasteiger partial charge < -0.3 is 15.6 Å². The highest BCUT2D eigenvalue weighted by Crippen LogP contribution is 2.12. The summed E-state index contributed by atoms with van der Waals surface area (Å²) in [6, 6.07) is 6.33. The van der Waals surface area contributed by atoms with E-state index in [1.54, 1.807) is 12.1 Å². The molecule has 0 saturated carbocycles. The van der Waals surface area contributed by atoms with Crippen LogP contribution in [0.5, 0.6) is 5.75 Å². The first kappa shape index (κ1) is 8.79. The van der Waals surface area contributed by atoms with Crippen molar-refractivity contribution in [2.45, 2.75) is 6.35 Å². The molecule has 0 radical (unpaired) electrons. The minimum absolute atomic E-state index is 0.189. The summed E-state index contributed by atoms with van der Waals surface area (Å²) in [6.45, 7) is 0. The van der Waals surface area contributed by atoms with E-state index in [4.69, 9.17) is 15.9 Å². The number of aliphatic hydroxyl groups excluding tert-OH is 1. The molecule has 1 atom stereocenters. The number of nitrogens with one attached hydrogen (secondary N) is 2. The van der Waals surface area contributed by atoms with Gasteiger partial charge in [-0.3, -0.25) is 5.73 Å². The Hall–Kier alpha value is -1.30. The molecule has 0 aromatic heterocycles. The Morgan fingerprint density at radius 2 is 1.83 bits per heavy atom. The summed E-state index contributed by atoms with van der Waals surface area (Å²) in [6.07, 6.45) is -1.11. The first-order chi connectivity index (χ1) is 5.68. The predicted molar refractivity (Wildman–Crippen MR) is 45.1 cm³/mol. The molecule has 5 heteroatoms. The number of nitrogens with two attached hydrogens (primary N) is 1. The van der Waals surface area contributed by atoms with Gasteiger partial charge in [-0.25, -0.2) is 0 Å². The van der Waals surface area contributed by atoms with Crippen LogP contribution in [0.25, 0.3) is 0 Å². The van der Waals surface area contributed by atoms with Crippen LogP contribution < -0.4 is 16.6 Å². The molecule has 0 spiro atoms. The van der Waals surface area contributed by atoms with E-state index in [2.05, 4.69) is 10.9 Å². The van der Waals surface area contributed by atoms with E-state index in [1.807, 2.05) is 0 Å². The maximum atomic E-state index is 8.91. The molecule has 1 aromatic rings. The Balaban J connectivity index is 2.48. The van der Waals surface area contributed by atoms with Crippen LogP contribution in [0, 0.1) is 0 Å². The normalized spacial score (nSPS) is 12.5. The van der Waals surface area contributed by atoms with Gasteiger partial charge >= 0.3 is 0 Å². The fraction of sp³-hybridized carbons (Fsp3) is 0.143. The second-order valence-electron chi connectivity index (χ2n) is 2.26. The molecule has 5 nitrogen and oxygen atoms in total. The maximum Gasteiger partial charge on any atom is 0.174 e. The number of rotatable bonds is 3. The number of aliphatic hydroxyl groups is 1. The van der Waals surface area contributed by atoms with E-state index in [-0.39, 0.29) is 5.75 Å². The third-order valence-corrected chi connectivity index (χ3v) is 1.23. The lowest BCUT2D eigenvalue weighted by molar-refractivity contribution is 0.154. The minimum Gasteiger partial charge on any atom is -0.508 e. The molecule has 6 N–H and O–H groups in total. The topological polar surface area (TPSA) is 90.5 Å². The number of benzene rings is 1. The molecule has 0 saturated heterocycles. The first-order valence-electron chi connectivity index (χ1n) is 3.43. The van der Waals surface area contributed by atoms with Crippen LogP contribution in [0.3, 0.4) is 0 Å². The Bertz CT molecular complexity index is 235. The average Bonchev–Trinajstić information content (AvgIpc) is 2.03. The highest BCUT2D eigenvalue weighted by atomic mass is 16.3. The second kappa shape index (κ2) is 3.91. The van der Waals surface area contributed by atoms with Crippen LogP contribution in [0.15, 0.2) is 24.3 Å². The Kier molecular flexibility index (Phi) is 2.87. The molecule has 1 aromatic carbocycles. The molecule has 0 aliphatic rings. The molecule has 0 aliphatic heterocycles. The Labute approximate surface area is 69.8 Å². The monoisotopic (exact) mass is 169 g/mol.